The summed E-state index contributed by atoms with van der Waals surface area (Å²) in [5, 5.41) is 5.95. The lowest BCUT2D eigenvalue weighted by Gasteiger charge is -2.19. The van der Waals surface area contributed by atoms with E-state index in [0.717, 1.165) is 16.3 Å². The fraction of sp³-hybridized carbons (Fsp3) is 0.273. The van der Waals surface area contributed by atoms with Gasteiger partial charge in [0.25, 0.3) is 0 Å². The third-order valence-electron chi connectivity index (χ3n) is 4.64. The Balaban J connectivity index is 1.48. The second-order valence-corrected chi connectivity index (χ2v) is 8.84. The minimum atomic E-state index is -0.516. The van der Waals surface area contributed by atoms with Crippen molar-refractivity contribution in [3.05, 3.63) is 47.2 Å². The molecule has 1 aromatic carbocycles. The van der Waals surface area contributed by atoms with Crippen molar-refractivity contribution in [3.63, 3.8) is 0 Å². The first-order valence-corrected chi connectivity index (χ1v) is 11.7. The van der Waals surface area contributed by atoms with E-state index in [2.05, 4.69) is 15.3 Å². The summed E-state index contributed by atoms with van der Waals surface area (Å²) in [5.41, 5.74) is 2.64. The lowest BCUT2D eigenvalue weighted by atomic mass is 10.0. The van der Waals surface area contributed by atoms with Crippen molar-refractivity contribution >= 4 is 40.0 Å². The molecule has 0 saturated carbocycles. The van der Waals surface area contributed by atoms with Crippen LogP contribution in [-0.4, -0.2) is 47.9 Å². The third-order valence-corrected chi connectivity index (χ3v) is 6.47. The quantitative estimate of drug-likeness (QED) is 0.311. The Morgan fingerprint density at radius 3 is 2.78 bits per heavy atom. The maximum atomic E-state index is 12.5. The summed E-state index contributed by atoms with van der Waals surface area (Å²) in [6, 6.07) is 7.37. The highest BCUT2D eigenvalue weighted by molar-refractivity contribution is 7.99. The van der Waals surface area contributed by atoms with Crippen LogP contribution in [0.25, 0.3) is 11.1 Å². The zero-order valence-corrected chi connectivity index (χ0v) is 19.2. The van der Waals surface area contributed by atoms with E-state index in [1.807, 2.05) is 36.6 Å². The predicted octanol–water partition coefficient (Wildman–Crippen LogP) is 4.19. The van der Waals surface area contributed by atoms with Crippen molar-refractivity contribution in [2.24, 2.45) is 0 Å². The summed E-state index contributed by atoms with van der Waals surface area (Å²) in [6.07, 6.45) is 1.77. The van der Waals surface area contributed by atoms with Crippen LogP contribution in [0.5, 0.6) is 11.5 Å². The second-order valence-electron chi connectivity index (χ2n) is 6.85. The van der Waals surface area contributed by atoms with Gasteiger partial charge in [-0.1, -0.05) is 6.07 Å². The Hall–Kier alpha value is -3.11. The molecule has 3 aromatic rings. The molecular formula is C22H21N3O5S2. The van der Waals surface area contributed by atoms with Gasteiger partial charge >= 0.3 is 5.97 Å². The Morgan fingerprint density at radius 1 is 1.19 bits per heavy atom. The molecule has 0 saturated heterocycles. The normalized spacial score (nSPS) is 12.3. The van der Waals surface area contributed by atoms with Gasteiger partial charge in [0.1, 0.15) is 30.1 Å². The average molecular weight is 472 g/mol. The van der Waals surface area contributed by atoms with Crippen LogP contribution in [-0.2, 0) is 9.53 Å². The Morgan fingerprint density at radius 2 is 2.00 bits per heavy atom. The molecule has 8 nitrogen and oxygen atoms in total. The number of amides is 1. The van der Waals surface area contributed by atoms with Gasteiger partial charge in [0, 0.05) is 28.8 Å². The van der Waals surface area contributed by atoms with E-state index in [9.17, 15) is 9.59 Å². The summed E-state index contributed by atoms with van der Waals surface area (Å²) in [6.45, 7) is 2.87. The highest BCUT2D eigenvalue weighted by Crippen LogP contribution is 2.40. The molecule has 4 rings (SSSR count). The van der Waals surface area contributed by atoms with E-state index in [1.54, 1.807) is 0 Å². The molecule has 0 aliphatic carbocycles. The number of nitrogens with one attached hydrogen (secondary N) is 1. The monoisotopic (exact) mass is 471 g/mol. The Bertz CT molecular complexity index is 1150. The third kappa shape index (κ3) is 5.03. The largest absolute Gasteiger partial charge is 0.486 e. The number of benzene rings is 1. The van der Waals surface area contributed by atoms with Crippen molar-refractivity contribution in [2.45, 2.75) is 18.4 Å². The van der Waals surface area contributed by atoms with E-state index < -0.39 is 5.97 Å². The van der Waals surface area contributed by atoms with Crippen LogP contribution >= 0.6 is 23.1 Å². The number of anilines is 1. The molecule has 0 radical (unpaired) electrons. The molecule has 166 valence electrons. The van der Waals surface area contributed by atoms with Crippen molar-refractivity contribution in [1.82, 2.24) is 9.97 Å². The molecule has 1 aliphatic rings. The van der Waals surface area contributed by atoms with Crippen LogP contribution in [0.3, 0.4) is 0 Å². The van der Waals surface area contributed by atoms with Gasteiger partial charge < -0.3 is 19.5 Å². The maximum Gasteiger partial charge on any atom is 0.341 e. The summed E-state index contributed by atoms with van der Waals surface area (Å²) in [4.78, 5) is 33.3. The number of rotatable bonds is 7. The summed E-state index contributed by atoms with van der Waals surface area (Å²) in [5.74, 6) is 1.13. The number of aromatic nitrogens is 2. The van der Waals surface area contributed by atoms with Crippen molar-refractivity contribution in [1.29, 1.82) is 0 Å². The molecule has 1 aliphatic heterocycles. The molecule has 0 unspecified atom stereocenters. The number of thioether (sulfide) groups is 1. The van der Waals surface area contributed by atoms with E-state index in [1.165, 1.54) is 36.5 Å². The van der Waals surface area contributed by atoms with Crippen LogP contribution in [0.4, 0.5) is 5.00 Å². The van der Waals surface area contributed by atoms with Crippen molar-refractivity contribution < 1.29 is 23.8 Å². The number of ether oxygens (including phenoxy) is 3. The topological polar surface area (TPSA) is 99.6 Å². The molecule has 0 atom stereocenters. The number of thiophene rings is 1. The smallest absolute Gasteiger partial charge is 0.341 e. The van der Waals surface area contributed by atoms with Gasteiger partial charge in [-0.3, -0.25) is 4.79 Å². The highest BCUT2D eigenvalue weighted by atomic mass is 32.2. The van der Waals surface area contributed by atoms with E-state index in [-0.39, 0.29) is 12.3 Å². The zero-order chi connectivity index (χ0) is 22.5. The van der Waals surface area contributed by atoms with Crippen LogP contribution in [0, 0.1) is 6.92 Å². The van der Waals surface area contributed by atoms with Crippen molar-refractivity contribution in [2.75, 3.05) is 31.4 Å². The number of esters is 1. The van der Waals surface area contributed by atoms with Gasteiger partial charge in [0.05, 0.1) is 12.1 Å². The number of carbonyl (C=O) groups is 2. The van der Waals surface area contributed by atoms with Gasteiger partial charge in [-0.15, -0.1) is 23.1 Å². The number of nitrogens with zero attached hydrogens (tertiary/aromatic N) is 2. The summed E-state index contributed by atoms with van der Waals surface area (Å²) < 4.78 is 16.2. The van der Waals surface area contributed by atoms with E-state index in [0.29, 0.717) is 46.6 Å². The van der Waals surface area contributed by atoms with Crippen LogP contribution in [0.2, 0.25) is 0 Å². The van der Waals surface area contributed by atoms with Crippen LogP contribution < -0.4 is 14.8 Å². The minimum Gasteiger partial charge on any atom is -0.486 e. The fourth-order valence-corrected chi connectivity index (χ4v) is 4.97. The maximum absolute atomic E-state index is 12.5. The minimum absolute atomic E-state index is 0.191. The average Bonchev–Trinajstić information content (AvgIpc) is 3.21. The molecule has 0 spiro atoms. The summed E-state index contributed by atoms with van der Waals surface area (Å²) >= 11 is 2.76. The second kappa shape index (κ2) is 10.0. The number of aryl methyl sites for hydroxylation is 1. The first kappa shape index (κ1) is 22.1. The first-order valence-electron chi connectivity index (χ1n) is 9.86. The number of fused-ring (bicyclic) bond motifs is 1. The Kier molecular flexibility index (Phi) is 6.91. The number of hydrogen-bond acceptors (Lipinski definition) is 9. The summed E-state index contributed by atoms with van der Waals surface area (Å²) in [7, 11) is 1.32. The Labute approximate surface area is 193 Å². The highest BCUT2D eigenvalue weighted by Gasteiger charge is 2.23. The van der Waals surface area contributed by atoms with Gasteiger partial charge in [0.15, 0.2) is 11.5 Å². The zero-order valence-electron chi connectivity index (χ0n) is 17.5. The lowest BCUT2D eigenvalue weighted by molar-refractivity contribution is -0.115. The first-order chi connectivity index (χ1) is 15.5. The van der Waals surface area contributed by atoms with Gasteiger partial charge in [-0.05, 0) is 30.7 Å². The van der Waals surface area contributed by atoms with Crippen molar-refractivity contribution in [3.8, 4) is 22.6 Å². The standard InChI is InChI=1S/C22H21N3O5S2/c1-13-9-19(24-12-23-13)31-8-5-18(26)25-21-20(22(27)28-2)15(11-32-21)14-3-4-16-17(10-14)30-7-6-29-16/h3-4,9-12H,5-8H2,1-2H3,(H,25,26). The van der Waals surface area contributed by atoms with Gasteiger partial charge in [-0.2, -0.15) is 0 Å². The fourth-order valence-electron chi connectivity index (χ4n) is 3.12. The molecule has 1 amide bonds. The van der Waals surface area contributed by atoms with E-state index in [4.69, 9.17) is 14.2 Å². The molecule has 0 bridgehead atoms. The molecular weight excluding hydrogens is 450 g/mol. The lowest BCUT2D eigenvalue weighted by Crippen LogP contribution is -2.15. The SMILES string of the molecule is COC(=O)c1c(-c2ccc3c(c2)OCCO3)csc1NC(=O)CCSc1cc(C)ncn1. The molecule has 0 fully saturated rings. The predicted molar refractivity (Wildman–Crippen MR) is 123 cm³/mol. The van der Waals surface area contributed by atoms with E-state index >= 15 is 0 Å². The number of methoxy groups -OCH3 is 1. The molecule has 3 heterocycles. The molecule has 32 heavy (non-hydrogen) atoms. The number of hydrogen-bond donors (Lipinski definition) is 1. The number of carbonyl (C=O) groups excluding carboxylic acids is 2. The molecule has 1 N–H and O–H groups in total. The van der Waals surface area contributed by atoms with Crippen LogP contribution in [0.1, 0.15) is 22.5 Å². The molecule has 2 aromatic heterocycles. The molecule has 10 heteroatoms. The van der Waals surface area contributed by atoms with Crippen LogP contribution in [0.15, 0.2) is 41.0 Å². The van der Waals surface area contributed by atoms with Gasteiger partial charge in [-0.25, -0.2) is 14.8 Å². The van der Waals surface area contributed by atoms with Gasteiger partial charge in [0.2, 0.25) is 5.91 Å².